The molecule has 2 N–H and O–H groups in total. The lowest BCUT2D eigenvalue weighted by atomic mass is 10.1. The summed E-state index contributed by atoms with van der Waals surface area (Å²) in [5.41, 5.74) is 4.22. The van der Waals surface area contributed by atoms with Gasteiger partial charge in [0, 0.05) is 38.8 Å². The monoisotopic (exact) mass is 461 g/mol. The van der Waals surface area contributed by atoms with Gasteiger partial charge in [0.25, 0.3) is 0 Å². The fraction of sp³-hybridized carbons (Fsp3) is 0.346. The largest absolute Gasteiger partial charge is 0.466 e. The standard InChI is InChI=1S/C26H31N5O3/c1-2-34-25(32)15-20-9-11-21(12-10-20)17-27-26(33)28-24-16-23-19-30(13-6-14-31(23)29-24)18-22-7-4-3-5-8-22/h3-5,7-12,16H,2,6,13-15,17-19H2,1H3,(H2,27,28,29,33). The summed E-state index contributed by atoms with van der Waals surface area (Å²) in [5, 5.41) is 10.3. The molecule has 0 atom stereocenters. The molecule has 8 nitrogen and oxygen atoms in total. The summed E-state index contributed by atoms with van der Waals surface area (Å²) >= 11 is 0. The number of hydrogen-bond acceptors (Lipinski definition) is 5. The Bertz CT molecular complexity index is 1100. The van der Waals surface area contributed by atoms with Crippen LogP contribution < -0.4 is 10.6 Å². The van der Waals surface area contributed by atoms with Crippen LogP contribution in [0.4, 0.5) is 10.6 Å². The predicted molar refractivity (Wildman–Crippen MR) is 130 cm³/mol. The molecule has 2 aromatic carbocycles. The number of anilines is 1. The Kier molecular flexibility index (Phi) is 7.93. The summed E-state index contributed by atoms with van der Waals surface area (Å²) < 4.78 is 6.96. The molecule has 3 aromatic rings. The average molecular weight is 462 g/mol. The van der Waals surface area contributed by atoms with Crippen LogP contribution in [0.5, 0.6) is 0 Å². The Morgan fingerprint density at radius 3 is 2.53 bits per heavy atom. The first-order valence-electron chi connectivity index (χ1n) is 11.7. The van der Waals surface area contributed by atoms with Crippen LogP contribution in [0.15, 0.2) is 60.7 Å². The fourth-order valence-corrected chi connectivity index (χ4v) is 4.06. The quantitative estimate of drug-likeness (QED) is 0.499. The van der Waals surface area contributed by atoms with Crippen LogP contribution in [0.25, 0.3) is 0 Å². The number of nitrogens with zero attached hydrogens (tertiary/aromatic N) is 3. The lowest BCUT2D eigenvalue weighted by molar-refractivity contribution is -0.142. The number of ether oxygens (including phenoxy) is 1. The SMILES string of the molecule is CCOC(=O)Cc1ccc(CNC(=O)Nc2cc3n(n2)CCCN(Cc2ccccc2)C3)cc1. The third-order valence-corrected chi connectivity index (χ3v) is 5.71. The molecule has 1 aliphatic heterocycles. The van der Waals surface area contributed by atoms with Crippen LogP contribution in [0.1, 0.15) is 35.7 Å². The summed E-state index contributed by atoms with van der Waals surface area (Å²) in [5.74, 6) is 0.313. The van der Waals surface area contributed by atoms with E-state index < -0.39 is 0 Å². The molecule has 8 heteroatoms. The number of urea groups is 1. The third kappa shape index (κ3) is 6.68. The van der Waals surface area contributed by atoms with E-state index in [1.807, 2.05) is 41.1 Å². The van der Waals surface area contributed by atoms with Crippen molar-refractivity contribution >= 4 is 17.8 Å². The van der Waals surface area contributed by atoms with Crippen molar-refractivity contribution in [2.75, 3.05) is 18.5 Å². The second kappa shape index (κ2) is 11.5. The second-order valence-electron chi connectivity index (χ2n) is 8.40. The Morgan fingerprint density at radius 2 is 1.76 bits per heavy atom. The first-order chi connectivity index (χ1) is 16.6. The van der Waals surface area contributed by atoms with E-state index >= 15 is 0 Å². The summed E-state index contributed by atoms with van der Waals surface area (Å²) in [4.78, 5) is 26.4. The number of rotatable bonds is 8. The number of carbonyl (C=O) groups is 2. The molecule has 0 saturated heterocycles. The van der Waals surface area contributed by atoms with Crippen LogP contribution >= 0.6 is 0 Å². The predicted octanol–water partition coefficient (Wildman–Crippen LogP) is 3.72. The first-order valence-corrected chi connectivity index (χ1v) is 11.7. The zero-order valence-corrected chi connectivity index (χ0v) is 19.5. The molecule has 0 bridgehead atoms. The molecule has 1 aromatic heterocycles. The molecule has 0 spiro atoms. The van der Waals surface area contributed by atoms with Gasteiger partial charge in [-0.2, -0.15) is 5.10 Å². The van der Waals surface area contributed by atoms with E-state index in [0.29, 0.717) is 19.0 Å². The van der Waals surface area contributed by atoms with Crippen LogP contribution in [-0.4, -0.2) is 39.8 Å². The summed E-state index contributed by atoms with van der Waals surface area (Å²) in [6, 6.07) is 19.7. The highest BCUT2D eigenvalue weighted by Gasteiger charge is 2.17. The zero-order chi connectivity index (χ0) is 23.8. The van der Waals surface area contributed by atoms with E-state index in [1.165, 1.54) is 5.56 Å². The number of hydrogen-bond donors (Lipinski definition) is 2. The Morgan fingerprint density at radius 1 is 1.00 bits per heavy atom. The molecule has 0 aliphatic carbocycles. The molecule has 2 heterocycles. The maximum absolute atomic E-state index is 12.4. The van der Waals surface area contributed by atoms with E-state index in [2.05, 4.69) is 44.9 Å². The van der Waals surface area contributed by atoms with Gasteiger partial charge in [0.1, 0.15) is 0 Å². The van der Waals surface area contributed by atoms with Crippen molar-refractivity contribution in [1.29, 1.82) is 0 Å². The maximum atomic E-state index is 12.4. The molecule has 4 rings (SSSR count). The van der Waals surface area contributed by atoms with Crippen molar-refractivity contribution in [3.63, 3.8) is 0 Å². The van der Waals surface area contributed by atoms with E-state index in [0.717, 1.165) is 49.4 Å². The molecule has 0 saturated carbocycles. The van der Waals surface area contributed by atoms with E-state index in [4.69, 9.17) is 4.74 Å². The van der Waals surface area contributed by atoms with Crippen LogP contribution in [0.3, 0.4) is 0 Å². The van der Waals surface area contributed by atoms with Gasteiger partial charge in [-0.3, -0.25) is 19.7 Å². The van der Waals surface area contributed by atoms with Crippen LogP contribution in [-0.2, 0) is 42.1 Å². The van der Waals surface area contributed by atoms with Gasteiger partial charge in [-0.25, -0.2) is 4.79 Å². The minimum atomic E-state index is -0.301. The van der Waals surface area contributed by atoms with Crippen molar-refractivity contribution in [3.8, 4) is 0 Å². The second-order valence-corrected chi connectivity index (χ2v) is 8.40. The molecule has 0 unspecified atom stereocenters. The number of esters is 1. The van der Waals surface area contributed by atoms with E-state index in [-0.39, 0.29) is 18.4 Å². The summed E-state index contributed by atoms with van der Waals surface area (Å²) in [6.07, 6.45) is 1.26. The summed E-state index contributed by atoms with van der Waals surface area (Å²) in [6.45, 7) is 6.09. The number of carbonyl (C=O) groups excluding carboxylic acids is 2. The number of aromatic nitrogens is 2. The van der Waals surface area contributed by atoms with E-state index in [9.17, 15) is 9.59 Å². The Balaban J connectivity index is 1.27. The van der Waals surface area contributed by atoms with Crippen molar-refractivity contribution in [2.24, 2.45) is 0 Å². The van der Waals surface area contributed by atoms with Crippen molar-refractivity contribution in [2.45, 2.75) is 45.9 Å². The topological polar surface area (TPSA) is 88.5 Å². The number of amides is 2. The van der Waals surface area contributed by atoms with Gasteiger partial charge in [-0.15, -0.1) is 0 Å². The minimum Gasteiger partial charge on any atom is -0.466 e. The van der Waals surface area contributed by atoms with Crippen molar-refractivity contribution in [1.82, 2.24) is 20.0 Å². The third-order valence-electron chi connectivity index (χ3n) is 5.71. The molecular weight excluding hydrogens is 430 g/mol. The minimum absolute atomic E-state index is 0.241. The average Bonchev–Trinajstić information content (AvgIpc) is 3.10. The molecule has 34 heavy (non-hydrogen) atoms. The number of fused-ring (bicyclic) bond motifs is 1. The van der Waals surface area contributed by atoms with Crippen molar-refractivity contribution in [3.05, 3.63) is 83.0 Å². The van der Waals surface area contributed by atoms with Gasteiger partial charge in [-0.1, -0.05) is 54.6 Å². The highest BCUT2D eigenvalue weighted by molar-refractivity contribution is 5.88. The molecule has 178 valence electrons. The molecule has 0 fully saturated rings. The van der Waals surface area contributed by atoms with Gasteiger partial charge in [0.15, 0.2) is 5.82 Å². The maximum Gasteiger partial charge on any atom is 0.320 e. The Hall–Kier alpha value is -3.65. The van der Waals surface area contributed by atoms with Crippen LogP contribution in [0.2, 0.25) is 0 Å². The molecule has 1 aliphatic rings. The van der Waals surface area contributed by atoms with E-state index in [1.54, 1.807) is 6.92 Å². The normalized spacial score (nSPS) is 13.6. The van der Waals surface area contributed by atoms with Gasteiger partial charge >= 0.3 is 12.0 Å². The Labute approximate surface area is 199 Å². The molecule has 0 radical (unpaired) electrons. The van der Waals surface area contributed by atoms with Crippen LogP contribution in [0, 0.1) is 0 Å². The fourth-order valence-electron chi connectivity index (χ4n) is 4.06. The van der Waals surface area contributed by atoms with Crippen molar-refractivity contribution < 1.29 is 14.3 Å². The van der Waals surface area contributed by atoms with Gasteiger partial charge in [0.2, 0.25) is 0 Å². The highest BCUT2D eigenvalue weighted by Crippen LogP contribution is 2.18. The smallest absolute Gasteiger partial charge is 0.320 e. The lowest BCUT2D eigenvalue weighted by Gasteiger charge is -2.19. The molecular formula is C26H31N5O3. The molecule has 2 amide bonds. The number of nitrogens with one attached hydrogen (secondary N) is 2. The summed E-state index contributed by atoms with van der Waals surface area (Å²) in [7, 11) is 0. The van der Waals surface area contributed by atoms with Gasteiger partial charge in [0.05, 0.1) is 18.7 Å². The number of aryl methyl sites for hydroxylation is 1. The van der Waals surface area contributed by atoms with Gasteiger partial charge in [-0.05, 0) is 30.0 Å². The zero-order valence-electron chi connectivity index (χ0n) is 19.5. The first kappa shape index (κ1) is 23.5. The highest BCUT2D eigenvalue weighted by atomic mass is 16.5. The lowest BCUT2D eigenvalue weighted by Crippen LogP contribution is -2.28. The van der Waals surface area contributed by atoms with Gasteiger partial charge < -0.3 is 10.1 Å². The number of benzene rings is 2.